The average Bonchev–Trinajstić information content (AvgIpc) is 0.781. The lowest BCUT2D eigenvalue weighted by Crippen LogP contribution is -2.49. The van der Waals surface area contributed by atoms with E-state index >= 15 is 0 Å². The summed E-state index contributed by atoms with van der Waals surface area (Å²) in [5.74, 6) is 0. The van der Waals surface area contributed by atoms with Crippen molar-refractivity contribution in [2.24, 2.45) is 0 Å². The van der Waals surface area contributed by atoms with E-state index in [-0.39, 0.29) is 51.5 Å². The molecule has 15 aliphatic carbocycles. The molecule has 15 heteroatoms. The van der Waals surface area contributed by atoms with Gasteiger partial charge in [0.15, 0.2) is 0 Å². The van der Waals surface area contributed by atoms with Crippen LogP contribution in [0.1, 0.15) is 319 Å². The largest absolute Gasteiger partial charge is 0.375 e. The molecule has 5 aromatic rings. The predicted octanol–water partition coefficient (Wildman–Crippen LogP) is 26.4. The minimum atomic E-state index is 0. The Hall–Kier alpha value is -2.70. The topological polar surface area (TPSA) is 46.2 Å². The summed E-state index contributed by atoms with van der Waals surface area (Å²) in [6.07, 6.45) is 50.4. The Morgan fingerprint density at radius 1 is 0.200 bits per heavy atom. The zero-order chi connectivity index (χ0) is 70.3. The molecule has 105 heavy (non-hydrogen) atoms. The molecule has 0 radical (unpaired) electrons. The molecule has 590 valence electrons. The number of thiol groups is 5. The van der Waals surface area contributed by atoms with Crippen LogP contribution in [0.25, 0.3) is 0 Å². The van der Waals surface area contributed by atoms with E-state index in [1.807, 2.05) is 0 Å². The van der Waals surface area contributed by atoms with Crippen molar-refractivity contribution in [3.05, 3.63) is 149 Å². The van der Waals surface area contributed by atoms with Gasteiger partial charge in [-0.25, -0.2) is 0 Å². The van der Waals surface area contributed by atoms with Crippen molar-refractivity contribution in [2.45, 2.75) is 371 Å². The van der Waals surface area contributed by atoms with Gasteiger partial charge in [-0.1, -0.05) is 127 Å². The van der Waals surface area contributed by atoms with E-state index in [4.69, 9.17) is 23.7 Å². The SMILES string of the molecule is CCCCOC12CCC(c3ccc(S)cc3)(CC1)CC2.CCCCOC12CCC(c3ccc(S)cc3)(CC1)CC2.CCCCOC12CCC(c3ccc(S)cc3)(CC1)CC2.CCCCOC12CCC(c3ccc(S)cc3)(CC1)CC2.CCCCOC12CCC(c3ccc(S)cc3)(CC1)CC2.F.F.F.F.F. The number of hydrogen-bond acceptors (Lipinski definition) is 10. The summed E-state index contributed by atoms with van der Waals surface area (Å²) in [6, 6.07) is 44.3. The van der Waals surface area contributed by atoms with Crippen LogP contribution < -0.4 is 0 Å². The van der Waals surface area contributed by atoms with Crippen LogP contribution >= 0.6 is 63.1 Å². The summed E-state index contributed by atoms with van der Waals surface area (Å²) in [5.41, 5.74) is 10.9. The van der Waals surface area contributed by atoms with Crippen LogP contribution in [0.3, 0.4) is 0 Å². The molecule has 0 unspecified atom stereocenters. The van der Waals surface area contributed by atoms with Gasteiger partial charge in [-0.2, -0.15) is 0 Å². The second kappa shape index (κ2) is 41.2. The van der Waals surface area contributed by atoms with Crippen LogP contribution in [0.5, 0.6) is 0 Å². The second-order valence-corrected chi connectivity index (χ2v) is 36.1. The van der Waals surface area contributed by atoms with Crippen LogP contribution in [-0.2, 0) is 50.8 Å². The average molecular weight is 1550 g/mol. The van der Waals surface area contributed by atoms with Gasteiger partial charge in [-0.3, -0.25) is 23.5 Å². The Kier molecular flexibility index (Phi) is 35.8. The predicted molar refractivity (Wildman–Crippen MR) is 446 cm³/mol. The minimum absolute atomic E-state index is 0. The Morgan fingerprint density at radius 2 is 0.314 bits per heavy atom. The first kappa shape index (κ1) is 91.2. The highest BCUT2D eigenvalue weighted by molar-refractivity contribution is 7.81. The normalized spacial score (nSPS) is 31.0. The molecule has 0 aliphatic heterocycles. The lowest BCUT2D eigenvalue weighted by molar-refractivity contribution is -0.119. The van der Waals surface area contributed by atoms with Crippen molar-refractivity contribution in [1.29, 1.82) is 0 Å². The molecule has 0 aromatic heterocycles. The molecule has 20 rings (SSSR count). The molecule has 0 heterocycles. The van der Waals surface area contributed by atoms with Crippen molar-refractivity contribution >= 4 is 63.1 Å². The molecule has 0 amide bonds. The van der Waals surface area contributed by atoms with E-state index in [1.54, 1.807) is 0 Å². The van der Waals surface area contributed by atoms with Gasteiger partial charge in [0.1, 0.15) is 0 Å². The van der Waals surface area contributed by atoms with Gasteiger partial charge in [0.05, 0.1) is 28.0 Å². The summed E-state index contributed by atoms with van der Waals surface area (Å²) in [7, 11) is 0. The number of unbranched alkanes of at least 4 members (excludes halogenated alkanes) is 5. The number of halogens is 5. The molecule has 0 atom stereocenters. The van der Waals surface area contributed by atoms with Crippen molar-refractivity contribution in [2.75, 3.05) is 33.0 Å². The Balaban J connectivity index is 0.000000203. The Bertz CT molecular complexity index is 2670. The van der Waals surface area contributed by atoms with Crippen molar-refractivity contribution in [1.82, 2.24) is 0 Å². The van der Waals surface area contributed by atoms with Crippen molar-refractivity contribution in [3.8, 4) is 0 Å². The maximum atomic E-state index is 6.29. The third kappa shape index (κ3) is 22.2. The van der Waals surface area contributed by atoms with Crippen LogP contribution in [0.15, 0.2) is 146 Å². The lowest BCUT2D eigenvalue weighted by atomic mass is 9.56. The van der Waals surface area contributed by atoms with E-state index in [2.05, 4.69) is 219 Å². The zero-order valence-corrected chi connectivity index (χ0v) is 69.2. The third-order valence-electron chi connectivity index (χ3n) is 27.8. The molecule has 0 spiro atoms. The first-order valence-electron chi connectivity index (χ1n) is 40.6. The first-order valence-corrected chi connectivity index (χ1v) is 42.8. The number of rotatable bonds is 25. The van der Waals surface area contributed by atoms with Crippen LogP contribution in [0.4, 0.5) is 23.5 Å². The Labute approximate surface area is 659 Å². The smallest absolute Gasteiger partial charge is 0.0683 e. The number of hydrogen-bond donors (Lipinski definition) is 5. The zero-order valence-electron chi connectivity index (χ0n) is 64.7. The highest BCUT2D eigenvalue weighted by Gasteiger charge is 2.54. The molecule has 5 aromatic carbocycles. The van der Waals surface area contributed by atoms with Gasteiger partial charge in [-0.15, -0.1) is 63.1 Å². The summed E-state index contributed by atoms with van der Waals surface area (Å²) in [4.78, 5) is 5.32. The molecular weight excluding hydrogens is 1420 g/mol. The molecule has 5 nitrogen and oxygen atoms in total. The molecule has 0 N–H and O–H groups in total. The number of ether oxygens (including phenoxy) is 5. The minimum Gasteiger partial charge on any atom is -0.375 e. The molecule has 10 bridgehead atoms. The molecule has 15 fully saturated rings. The first-order chi connectivity index (χ1) is 48.4. The second-order valence-electron chi connectivity index (χ2n) is 33.6. The Morgan fingerprint density at radius 3 is 0.419 bits per heavy atom. The maximum Gasteiger partial charge on any atom is 0.0683 e. The monoisotopic (exact) mass is 1550 g/mol. The molecule has 15 aliphatic rings. The van der Waals surface area contributed by atoms with Gasteiger partial charge < -0.3 is 23.7 Å². The maximum absolute atomic E-state index is 6.29. The van der Waals surface area contributed by atoms with E-state index in [0.717, 1.165) is 57.5 Å². The van der Waals surface area contributed by atoms with E-state index in [9.17, 15) is 0 Å². The standard InChI is InChI=1S/5C18H26OS.5FH/c5*1-2-3-14-19-18-11-8-17(9-12-18,10-13-18)15-4-6-16(20)7-5-15;;;;;/h5*4-7,20H,2-3,8-14H2,1H3;5*1H. The van der Waals surface area contributed by atoms with Crippen molar-refractivity contribution in [3.63, 3.8) is 0 Å². The molecule has 0 saturated heterocycles. The summed E-state index contributed by atoms with van der Waals surface area (Å²) in [5, 5.41) is 0. The highest BCUT2D eigenvalue weighted by Crippen LogP contribution is 2.60. The van der Waals surface area contributed by atoms with E-state index in [1.165, 1.54) is 285 Å². The summed E-state index contributed by atoms with van der Waals surface area (Å²) < 4.78 is 31.4. The van der Waals surface area contributed by atoms with Crippen LogP contribution in [-0.4, -0.2) is 61.0 Å². The summed E-state index contributed by atoms with van der Waals surface area (Å²) >= 11 is 22.0. The quantitative estimate of drug-likeness (QED) is 0.0229. The number of fused-ring (bicyclic) bond motifs is 15. The van der Waals surface area contributed by atoms with Crippen LogP contribution in [0, 0.1) is 0 Å². The summed E-state index contributed by atoms with van der Waals surface area (Å²) in [6.45, 7) is 16.0. The lowest BCUT2D eigenvalue weighted by Gasteiger charge is -2.53. The molecule has 15 saturated carbocycles. The van der Waals surface area contributed by atoms with Gasteiger partial charge in [-0.05, 0) is 340 Å². The third-order valence-corrected chi connectivity index (χ3v) is 29.3. The van der Waals surface area contributed by atoms with Crippen molar-refractivity contribution < 1.29 is 47.2 Å². The van der Waals surface area contributed by atoms with Crippen LogP contribution in [0.2, 0.25) is 0 Å². The van der Waals surface area contributed by atoms with E-state index < -0.39 is 0 Å². The van der Waals surface area contributed by atoms with Gasteiger partial charge in [0.25, 0.3) is 0 Å². The number of benzene rings is 5. The fraction of sp³-hybridized carbons (Fsp3) is 0.667. The van der Waals surface area contributed by atoms with Gasteiger partial charge in [0, 0.05) is 57.5 Å². The van der Waals surface area contributed by atoms with Gasteiger partial charge >= 0.3 is 0 Å². The fourth-order valence-corrected chi connectivity index (χ4v) is 21.0. The van der Waals surface area contributed by atoms with E-state index in [0.29, 0.717) is 27.1 Å². The highest BCUT2D eigenvalue weighted by atomic mass is 32.1. The fourth-order valence-electron chi connectivity index (χ4n) is 20.2. The van der Waals surface area contributed by atoms with Gasteiger partial charge in [0.2, 0.25) is 0 Å². The molecular formula is C90H135F5O5S5.